The lowest BCUT2D eigenvalue weighted by Gasteiger charge is -2.29. The van der Waals surface area contributed by atoms with E-state index in [1.165, 1.54) is 39.9 Å². The van der Waals surface area contributed by atoms with Crippen LogP contribution in [0.25, 0.3) is 10.2 Å². The Morgan fingerprint density at radius 1 is 1.16 bits per heavy atom. The zero-order chi connectivity index (χ0) is 22.0. The molecule has 1 aromatic heterocycles. The van der Waals surface area contributed by atoms with Crippen LogP contribution in [0.3, 0.4) is 0 Å². The predicted octanol–water partition coefficient (Wildman–Crippen LogP) is 3.48. The van der Waals surface area contributed by atoms with Crippen LogP contribution in [0.1, 0.15) is 30.1 Å². The molecule has 1 saturated heterocycles. The highest BCUT2D eigenvalue weighted by atomic mass is 32.2. The standard InChI is InChI=1S/C21H24N4O4S2/c1-14-10-12-25(13-11-14)31(27,28)16-8-6-15(7-9-16)20(26)23-24-21-22-19-17(29-2)4-3-5-18(19)30-21/h3-9,14H,10-13H2,1-2H3,(H,22,24)(H,23,26). The number of carbonyl (C=O) groups is 1. The normalized spacial score (nSPS) is 15.7. The third-order valence-corrected chi connectivity index (χ3v) is 8.23. The minimum atomic E-state index is -3.54. The Bertz CT molecular complexity index is 1180. The van der Waals surface area contributed by atoms with Gasteiger partial charge in [-0.25, -0.2) is 13.4 Å². The fourth-order valence-electron chi connectivity index (χ4n) is 3.48. The van der Waals surface area contributed by atoms with Crippen LogP contribution in [-0.4, -0.2) is 43.8 Å². The number of amides is 1. The van der Waals surface area contributed by atoms with Crippen molar-refractivity contribution in [3.8, 4) is 5.75 Å². The summed E-state index contributed by atoms with van der Waals surface area (Å²) in [5, 5.41) is 0.520. The zero-order valence-electron chi connectivity index (χ0n) is 17.3. The van der Waals surface area contributed by atoms with E-state index < -0.39 is 10.0 Å². The van der Waals surface area contributed by atoms with E-state index in [2.05, 4.69) is 22.8 Å². The van der Waals surface area contributed by atoms with E-state index in [1.54, 1.807) is 7.11 Å². The van der Waals surface area contributed by atoms with Crippen LogP contribution < -0.4 is 15.6 Å². The molecular weight excluding hydrogens is 436 g/mol. The quantitative estimate of drug-likeness (QED) is 0.546. The predicted molar refractivity (Wildman–Crippen MR) is 121 cm³/mol. The first-order valence-corrected chi connectivity index (χ1v) is 12.2. The Morgan fingerprint density at radius 3 is 2.55 bits per heavy atom. The van der Waals surface area contributed by atoms with Gasteiger partial charge in [-0.3, -0.25) is 15.6 Å². The maximum absolute atomic E-state index is 12.8. The minimum Gasteiger partial charge on any atom is -0.494 e. The second-order valence-electron chi connectivity index (χ2n) is 7.52. The van der Waals surface area contributed by atoms with Gasteiger partial charge in [0.05, 0.1) is 16.7 Å². The summed E-state index contributed by atoms with van der Waals surface area (Å²) in [5.41, 5.74) is 6.47. The number of nitrogens with one attached hydrogen (secondary N) is 2. The summed E-state index contributed by atoms with van der Waals surface area (Å²) in [6, 6.07) is 11.6. The van der Waals surface area contributed by atoms with Gasteiger partial charge in [-0.05, 0) is 55.2 Å². The summed E-state index contributed by atoms with van der Waals surface area (Å²) < 4.78 is 33.4. The second-order valence-corrected chi connectivity index (χ2v) is 10.5. The number of aromatic nitrogens is 1. The molecule has 3 aromatic rings. The summed E-state index contributed by atoms with van der Waals surface area (Å²) in [6.07, 6.45) is 1.73. The summed E-state index contributed by atoms with van der Waals surface area (Å²) >= 11 is 1.38. The van der Waals surface area contributed by atoms with E-state index in [-0.39, 0.29) is 10.8 Å². The number of hydrazine groups is 1. The number of hydrogen-bond acceptors (Lipinski definition) is 7. The maximum atomic E-state index is 12.8. The zero-order valence-corrected chi connectivity index (χ0v) is 18.9. The Hall–Kier alpha value is -2.69. The molecule has 31 heavy (non-hydrogen) atoms. The van der Waals surface area contributed by atoms with Gasteiger partial charge in [0, 0.05) is 18.7 Å². The van der Waals surface area contributed by atoms with Gasteiger partial charge in [-0.1, -0.05) is 24.3 Å². The lowest BCUT2D eigenvalue weighted by Crippen LogP contribution is -2.37. The molecule has 0 radical (unpaired) electrons. The third-order valence-electron chi connectivity index (χ3n) is 5.38. The van der Waals surface area contributed by atoms with Crippen molar-refractivity contribution in [3.63, 3.8) is 0 Å². The molecule has 0 unspecified atom stereocenters. The monoisotopic (exact) mass is 460 g/mol. The van der Waals surface area contributed by atoms with Gasteiger partial charge in [0.1, 0.15) is 11.3 Å². The fraction of sp³-hybridized carbons (Fsp3) is 0.333. The molecule has 0 spiro atoms. The number of para-hydroxylation sites is 1. The molecule has 1 aliphatic rings. The van der Waals surface area contributed by atoms with E-state index in [0.29, 0.717) is 41.0 Å². The molecule has 0 aliphatic carbocycles. The molecule has 164 valence electrons. The van der Waals surface area contributed by atoms with Crippen LogP contribution in [0.5, 0.6) is 5.75 Å². The van der Waals surface area contributed by atoms with Gasteiger partial charge in [0.15, 0.2) is 0 Å². The van der Waals surface area contributed by atoms with Crippen LogP contribution in [0.15, 0.2) is 47.4 Å². The van der Waals surface area contributed by atoms with Gasteiger partial charge >= 0.3 is 0 Å². The number of anilines is 1. The summed E-state index contributed by atoms with van der Waals surface area (Å²) in [6.45, 7) is 3.20. The SMILES string of the molecule is COc1cccc2sc(NNC(=O)c3ccc(S(=O)(=O)N4CCC(C)CC4)cc3)nc12. The Kier molecular flexibility index (Phi) is 6.12. The van der Waals surface area contributed by atoms with Crippen molar-refractivity contribution in [3.05, 3.63) is 48.0 Å². The number of methoxy groups -OCH3 is 1. The first kappa shape index (κ1) is 21.5. The molecule has 4 rings (SSSR count). The number of hydrogen-bond donors (Lipinski definition) is 2. The van der Waals surface area contributed by atoms with Crippen molar-refractivity contribution in [2.75, 3.05) is 25.6 Å². The van der Waals surface area contributed by atoms with E-state index in [0.717, 1.165) is 17.5 Å². The molecule has 10 heteroatoms. The smallest absolute Gasteiger partial charge is 0.269 e. The lowest BCUT2D eigenvalue weighted by molar-refractivity contribution is 0.0962. The number of sulfonamides is 1. The van der Waals surface area contributed by atoms with Crippen molar-refractivity contribution in [2.45, 2.75) is 24.7 Å². The minimum absolute atomic E-state index is 0.199. The van der Waals surface area contributed by atoms with Gasteiger partial charge in [-0.2, -0.15) is 4.31 Å². The van der Waals surface area contributed by atoms with Gasteiger partial charge < -0.3 is 4.74 Å². The molecular formula is C21H24N4O4S2. The number of benzene rings is 2. The van der Waals surface area contributed by atoms with Gasteiger partial charge in [0.25, 0.3) is 5.91 Å². The maximum Gasteiger partial charge on any atom is 0.269 e. The van der Waals surface area contributed by atoms with Crippen molar-refractivity contribution in [1.29, 1.82) is 0 Å². The van der Waals surface area contributed by atoms with Gasteiger partial charge in [-0.15, -0.1) is 0 Å². The molecule has 2 heterocycles. The molecule has 1 fully saturated rings. The first-order chi connectivity index (χ1) is 14.9. The van der Waals surface area contributed by atoms with Crippen molar-refractivity contribution < 1.29 is 17.9 Å². The Morgan fingerprint density at radius 2 is 1.87 bits per heavy atom. The Labute approximate surface area is 185 Å². The number of piperidine rings is 1. The molecule has 1 aliphatic heterocycles. The fourth-order valence-corrected chi connectivity index (χ4v) is 5.78. The number of carbonyl (C=O) groups excluding carboxylic acids is 1. The molecule has 0 bridgehead atoms. The Balaban J connectivity index is 1.42. The topological polar surface area (TPSA) is 101 Å². The molecule has 2 N–H and O–H groups in total. The molecule has 8 nitrogen and oxygen atoms in total. The van der Waals surface area contributed by atoms with Crippen molar-refractivity contribution >= 4 is 42.6 Å². The lowest BCUT2D eigenvalue weighted by atomic mass is 10.0. The largest absolute Gasteiger partial charge is 0.494 e. The van der Waals surface area contributed by atoms with E-state index in [1.807, 2.05) is 18.2 Å². The number of fused-ring (bicyclic) bond motifs is 1. The van der Waals surface area contributed by atoms with Gasteiger partial charge in [0.2, 0.25) is 15.2 Å². The highest BCUT2D eigenvalue weighted by molar-refractivity contribution is 7.89. The average molecular weight is 461 g/mol. The number of thiazole rings is 1. The molecule has 0 atom stereocenters. The van der Waals surface area contributed by atoms with E-state index in [4.69, 9.17) is 4.74 Å². The van der Waals surface area contributed by atoms with Crippen LogP contribution in [0.4, 0.5) is 5.13 Å². The highest BCUT2D eigenvalue weighted by Crippen LogP contribution is 2.31. The molecule has 1 amide bonds. The number of rotatable bonds is 6. The first-order valence-electron chi connectivity index (χ1n) is 9.98. The van der Waals surface area contributed by atoms with Crippen LogP contribution in [0, 0.1) is 5.92 Å². The van der Waals surface area contributed by atoms with Crippen molar-refractivity contribution in [1.82, 2.24) is 14.7 Å². The second kappa shape index (κ2) is 8.81. The van der Waals surface area contributed by atoms with Crippen molar-refractivity contribution in [2.24, 2.45) is 5.92 Å². The average Bonchev–Trinajstić information content (AvgIpc) is 3.21. The van der Waals surface area contributed by atoms with E-state index in [9.17, 15) is 13.2 Å². The summed E-state index contributed by atoms with van der Waals surface area (Å²) in [4.78, 5) is 17.1. The number of ether oxygens (including phenoxy) is 1. The summed E-state index contributed by atoms with van der Waals surface area (Å²) in [5.74, 6) is 0.816. The summed E-state index contributed by atoms with van der Waals surface area (Å²) in [7, 11) is -1.96. The van der Waals surface area contributed by atoms with Crippen LogP contribution in [-0.2, 0) is 10.0 Å². The van der Waals surface area contributed by atoms with Crippen LogP contribution >= 0.6 is 11.3 Å². The molecule has 2 aromatic carbocycles. The number of nitrogens with zero attached hydrogens (tertiary/aromatic N) is 2. The highest BCUT2D eigenvalue weighted by Gasteiger charge is 2.28. The third kappa shape index (κ3) is 4.51. The van der Waals surface area contributed by atoms with E-state index >= 15 is 0 Å². The van der Waals surface area contributed by atoms with Crippen LogP contribution in [0.2, 0.25) is 0 Å². The molecule has 0 saturated carbocycles.